The number of carbonyl (C=O) groups excluding carboxylic acids is 4. The topological polar surface area (TPSA) is 105 Å². The molecule has 8 nitrogen and oxygen atoms in total. The predicted molar refractivity (Wildman–Crippen MR) is 198 cm³/mol. The molecule has 19 heteroatoms. The van der Waals surface area contributed by atoms with Crippen LogP contribution in [0.1, 0.15) is 139 Å². The second-order valence-electron chi connectivity index (χ2n) is 17.2. The standard InChI is InChI=1S/C18H20F6O6.C14H28O2.C10H9F5/c1-4-15(2,3)12(25)28-9-7-5-8-10(9)29-13(26)16(8,6-7)14(27)30-11(17(19,20)21)18(22,23)24;1-6-9-10-12(7-2)11-16-13(15)14(4,5)8-3;1-3-4(2)5-6(11)8(13)10(15)9(14)7(5)12/h7-11H,4-6H2,1-3H3;12H,6-11H2,1-5H3;4H,3H2,1-2H3. The molecular weight excluding hydrogens is 841 g/mol. The second kappa shape index (κ2) is 20.7. The van der Waals surface area contributed by atoms with Crippen molar-refractivity contribution < 1.29 is 86.4 Å². The van der Waals surface area contributed by atoms with Crippen molar-refractivity contribution >= 4 is 23.9 Å². The van der Waals surface area contributed by atoms with E-state index in [0.717, 1.165) is 12.8 Å². The van der Waals surface area contributed by atoms with E-state index in [-0.39, 0.29) is 17.8 Å². The van der Waals surface area contributed by atoms with Gasteiger partial charge in [-0.15, -0.1) is 0 Å². The number of esters is 4. The Balaban J connectivity index is 0.000000350. The lowest BCUT2D eigenvalue weighted by Crippen LogP contribution is -2.51. The van der Waals surface area contributed by atoms with Gasteiger partial charge in [-0.2, -0.15) is 26.3 Å². The Hall–Kier alpha value is -3.67. The normalized spacial score (nSPS) is 23.0. The van der Waals surface area contributed by atoms with E-state index in [2.05, 4.69) is 18.6 Å². The molecule has 4 rings (SSSR count). The summed E-state index contributed by atoms with van der Waals surface area (Å²) in [4.78, 5) is 49.0. The highest BCUT2D eigenvalue weighted by Crippen LogP contribution is 2.63. The van der Waals surface area contributed by atoms with Crippen molar-refractivity contribution in [3.8, 4) is 0 Å². The number of alkyl halides is 6. The van der Waals surface area contributed by atoms with Crippen molar-refractivity contribution in [3.05, 3.63) is 34.6 Å². The average molecular weight is 899 g/mol. The highest BCUT2D eigenvalue weighted by atomic mass is 19.4. The van der Waals surface area contributed by atoms with Gasteiger partial charge in [0, 0.05) is 17.4 Å². The van der Waals surface area contributed by atoms with E-state index in [1.165, 1.54) is 26.2 Å². The Morgan fingerprint density at radius 2 is 1.26 bits per heavy atom. The van der Waals surface area contributed by atoms with Crippen LogP contribution in [0.3, 0.4) is 0 Å². The van der Waals surface area contributed by atoms with Gasteiger partial charge in [-0.1, -0.05) is 60.8 Å². The third kappa shape index (κ3) is 11.9. The number of fused-ring (bicyclic) bond motifs is 1. The van der Waals surface area contributed by atoms with Gasteiger partial charge in [-0.3, -0.25) is 19.2 Å². The molecule has 61 heavy (non-hydrogen) atoms. The zero-order valence-corrected chi connectivity index (χ0v) is 36.0. The number of ether oxygens (including phenoxy) is 4. The monoisotopic (exact) mass is 898 g/mol. The number of halogens is 11. The fraction of sp³-hybridized carbons (Fsp3) is 0.762. The van der Waals surface area contributed by atoms with Crippen LogP contribution in [0, 0.1) is 63.1 Å². The molecule has 0 spiro atoms. The van der Waals surface area contributed by atoms with Crippen molar-refractivity contribution in [3.63, 3.8) is 0 Å². The molecule has 0 N–H and O–H groups in total. The molecule has 3 aliphatic rings. The minimum Gasteiger partial charge on any atom is -0.465 e. The Morgan fingerprint density at radius 3 is 1.70 bits per heavy atom. The van der Waals surface area contributed by atoms with Gasteiger partial charge in [-0.25, -0.2) is 22.0 Å². The Morgan fingerprint density at radius 1 is 0.770 bits per heavy atom. The molecule has 1 saturated heterocycles. The lowest BCUT2D eigenvalue weighted by atomic mass is 9.73. The zero-order valence-electron chi connectivity index (χ0n) is 36.0. The first-order chi connectivity index (χ1) is 27.9. The molecule has 1 heterocycles. The maximum absolute atomic E-state index is 13.1. The van der Waals surface area contributed by atoms with Gasteiger partial charge in [-0.05, 0) is 78.1 Å². The predicted octanol–water partition coefficient (Wildman–Crippen LogP) is 11.4. The van der Waals surface area contributed by atoms with Crippen molar-refractivity contribution in [1.82, 2.24) is 0 Å². The third-order valence-corrected chi connectivity index (χ3v) is 12.2. The Labute approximate surface area is 348 Å². The highest BCUT2D eigenvalue weighted by molar-refractivity contribution is 6.03. The van der Waals surface area contributed by atoms with Crippen molar-refractivity contribution in [2.24, 2.45) is 34.0 Å². The van der Waals surface area contributed by atoms with Crippen LogP contribution in [-0.2, 0) is 38.1 Å². The molecule has 1 aromatic rings. The minimum absolute atomic E-state index is 0.0510. The quantitative estimate of drug-likeness (QED) is 0.0428. The van der Waals surface area contributed by atoms with Crippen molar-refractivity contribution in [2.75, 3.05) is 6.61 Å². The van der Waals surface area contributed by atoms with Crippen LogP contribution >= 0.6 is 0 Å². The van der Waals surface area contributed by atoms with Gasteiger partial charge in [0.2, 0.25) is 5.82 Å². The molecule has 0 amide bonds. The van der Waals surface area contributed by atoms with Crippen LogP contribution in [0.5, 0.6) is 0 Å². The summed E-state index contributed by atoms with van der Waals surface area (Å²) in [7, 11) is 0. The molecule has 2 bridgehead atoms. The van der Waals surface area contributed by atoms with Gasteiger partial charge < -0.3 is 18.9 Å². The van der Waals surface area contributed by atoms with Crippen molar-refractivity contribution in [1.29, 1.82) is 0 Å². The molecule has 0 radical (unpaired) electrons. The maximum Gasteiger partial charge on any atom is 0.434 e. The summed E-state index contributed by atoms with van der Waals surface area (Å²) in [5.74, 6) is -15.0. The SMILES string of the molecule is CCC(C)(C)C(=O)OC1C2CC3C1OC(=O)C3(C(=O)OC(C(F)(F)F)C(F)(F)F)C2.CCC(C)c1c(F)c(F)c(F)c(F)c1F.CCCCC(CC)COC(=O)C(C)(C)CC. The van der Waals surface area contributed by atoms with Gasteiger partial charge in [0.05, 0.1) is 17.4 Å². The molecule has 7 unspecified atom stereocenters. The van der Waals surface area contributed by atoms with E-state index in [9.17, 15) is 67.5 Å². The zero-order chi connectivity index (χ0) is 47.2. The lowest BCUT2D eigenvalue weighted by Gasteiger charge is -2.33. The highest BCUT2D eigenvalue weighted by Gasteiger charge is 2.76. The van der Waals surface area contributed by atoms with E-state index in [0.29, 0.717) is 25.4 Å². The number of hydrogen-bond donors (Lipinski definition) is 0. The number of carbonyl (C=O) groups is 4. The molecule has 1 aliphatic heterocycles. The van der Waals surface area contributed by atoms with Crippen LogP contribution < -0.4 is 0 Å². The minimum atomic E-state index is -5.89. The number of unbranched alkanes of at least 4 members (excludes halogenated alkanes) is 1. The van der Waals surface area contributed by atoms with Crippen LogP contribution in [0.25, 0.3) is 0 Å². The Bertz CT molecular complexity index is 1670. The summed E-state index contributed by atoms with van der Waals surface area (Å²) >= 11 is 0. The lowest BCUT2D eigenvalue weighted by molar-refractivity contribution is -0.315. The van der Waals surface area contributed by atoms with E-state index < -0.39 is 118 Å². The second-order valence-corrected chi connectivity index (χ2v) is 17.2. The molecule has 2 saturated carbocycles. The van der Waals surface area contributed by atoms with Crippen molar-refractivity contribution in [2.45, 2.75) is 164 Å². The fourth-order valence-electron chi connectivity index (χ4n) is 7.08. The summed E-state index contributed by atoms with van der Waals surface area (Å²) in [6.07, 6.45) is -12.2. The first-order valence-electron chi connectivity index (χ1n) is 20.4. The molecule has 2 aliphatic carbocycles. The van der Waals surface area contributed by atoms with Gasteiger partial charge in [0.25, 0.3) is 6.10 Å². The van der Waals surface area contributed by atoms with Crippen LogP contribution in [-0.4, -0.2) is 61.1 Å². The number of benzene rings is 1. The molecule has 1 aromatic carbocycles. The summed E-state index contributed by atoms with van der Waals surface area (Å²) in [5, 5.41) is 0. The van der Waals surface area contributed by atoms with E-state index >= 15 is 0 Å². The van der Waals surface area contributed by atoms with E-state index in [1.807, 2.05) is 20.8 Å². The maximum atomic E-state index is 13.1. The Kier molecular flexibility index (Phi) is 18.1. The molecule has 0 aromatic heterocycles. The summed E-state index contributed by atoms with van der Waals surface area (Å²) < 4.78 is 161. The third-order valence-electron chi connectivity index (χ3n) is 12.2. The van der Waals surface area contributed by atoms with Crippen LogP contribution in [0.4, 0.5) is 48.3 Å². The fourth-order valence-corrected chi connectivity index (χ4v) is 7.08. The van der Waals surface area contributed by atoms with Crippen LogP contribution in [0.2, 0.25) is 0 Å². The first-order valence-corrected chi connectivity index (χ1v) is 20.4. The van der Waals surface area contributed by atoms with Gasteiger partial charge in [0.1, 0.15) is 12.2 Å². The first kappa shape index (κ1) is 53.5. The molecule has 3 fully saturated rings. The molecular formula is C42H57F11O8. The summed E-state index contributed by atoms with van der Waals surface area (Å²) in [6, 6.07) is 0. The molecule has 7 atom stereocenters. The van der Waals surface area contributed by atoms with Gasteiger partial charge >= 0.3 is 36.2 Å². The molecule has 350 valence electrons. The van der Waals surface area contributed by atoms with E-state index in [4.69, 9.17) is 14.2 Å². The van der Waals surface area contributed by atoms with E-state index in [1.54, 1.807) is 27.7 Å². The van der Waals surface area contributed by atoms with Gasteiger partial charge in [0.15, 0.2) is 28.7 Å². The summed E-state index contributed by atoms with van der Waals surface area (Å²) in [6.45, 7) is 18.9. The number of hydrogen-bond acceptors (Lipinski definition) is 8. The summed E-state index contributed by atoms with van der Waals surface area (Å²) in [5.41, 5.74) is -4.17. The smallest absolute Gasteiger partial charge is 0.434 e. The average Bonchev–Trinajstić information content (AvgIpc) is 3.80. The number of rotatable bonds is 15. The largest absolute Gasteiger partial charge is 0.465 e. The van der Waals surface area contributed by atoms with Crippen LogP contribution in [0.15, 0.2) is 0 Å².